The van der Waals surface area contributed by atoms with Gasteiger partial charge in [-0.2, -0.15) is 5.10 Å². The van der Waals surface area contributed by atoms with Crippen molar-refractivity contribution in [2.75, 3.05) is 35.8 Å². The zero-order chi connectivity index (χ0) is 25.3. The molecular formula is C24H30Cl2N6O2S. The average Bonchev–Trinajstić information content (AvgIpc) is 3.05. The van der Waals surface area contributed by atoms with Crippen LogP contribution in [0.3, 0.4) is 0 Å². The largest absolute Gasteiger partial charge is 0.354 e. The van der Waals surface area contributed by atoms with Gasteiger partial charge in [-0.25, -0.2) is 13.4 Å². The number of benzene rings is 1. The Morgan fingerprint density at radius 1 is 1.11 bits per heavy atom. The summed E-state index contributed by atoms with van der Waals surface area (Å²) in [6, 6.07) is 7.09. The third-order valence-electron chi connectivity index (χ3n) is 5.97. The van der Waals surface area contributed by atoms with Crippen LogP contribution in [0.15, 0.2) is 35.4 Å². The second kappa shape index (κ2) is 10.3. The van der Waals surface area contributed by atoms with Crippen molar-refractivity contribution in [2.24, 2.45) is 13.0 Å². The van der Waals surface area contributed by atoms with E-state index >= 15 is 0 Å². The highest BCUT2D eigenvalue weighted by Crippen LogP contribution is 2.37. The van der Waals surface area contributed by atoms with E-state index in [1.54, 1.807) is 37.0 Å². The van der Waals surface area contributed by atoms with Crippen LogP contribution in [-0.4, -0.2) is 49.4 Å². The van der Waals surface area contributed by atoms with Crippen molar-refractivity contribution in [2.45, 2.75) is 32.1 Å². The molecule has 0 amide bonds. The molecule has 188 valence electrons. The van der Waals surface area contributed by atoms with Gasteiger partial charge in [0, 0.05) is 39.4 Å². The molecule has 0 atom stereocenters. The third kappa shape index (κ3) is 5.58. The molecule has 1 aliphatic heterocycles. The molecule has 4 rings (SSSR count). The standard InChI is InChI=1S/C24H30Cl2N6O2S/c1-15(2)11-21-23(16(3)29-31(21)4)30-35(33,34)24-19(25)12-18(13-20(24)26)17-5-6-28-22(14-17)32-9-7-27-8-10-32/h5-6,12-15,27,30H,7-11H2,1-4H3. The van der Waals surface area contributed by atoms with Gasteiger partial charge in [-0.1, -0.05) is 37.0 Å². The van der Waals surface area contributed by atoms with Crippen molar-refractivity contribution < 1.29 is 8.42 Å². The fourth-order valence-corrected chi connectivity index (χ4v) is 6.66. The van der Waals surface area contributed by atoms with Crippen molar-refractivity contribution in [1.82, 2.24) is 20.1 Å². The molecule has 0 radical (unpaired) electrons. The Morgan fingerprint density at radius 3 is 2.40 bits per heavy atom. The number of nitrogens with one attached hydrogen (secondary N) is 2. The van der Waals surface area contributed by atoms with E-state index in [9.17, 15) is 8.42 Å². The van der Waals surface area contributed by atoms with Crippen LogP contribution >= 0.6 is 23.2 Å². The van der Waals surface area contributed by atoms with E-state index in [2.05, 4.69) is 38.9 Å². The van der Waals surface area contributed by atoms with Crippen molar-refractivity contribution in [3.8, 4) is 11.1 Å². The van der Waals surface area contributed by atoms with Gasteiger partial charge >= 0.3 is 0 Å². The summed E-state index contributed by atoms with van der Waals surface area (Å²) in [6.45, 7) is 9.45. The molecule has 35 heavy (non-hydrogen) atoms. The monoisotopic (exact) mass is 536 g/mol. The zero-order valence-corrected chi connectivity index (χ0v) is 22.6. The number of aromatic nitrogens is 3. The summed E-state index contributed by atoms with van der Waals surface area (Å²) in [5.74, 6) is 1.19. The van der Waals surface area contributed by atoms with Gasteiger partial charge in [-0.3, -0.25) is 9.40 Å². The fraction of sp³-hybridized carbons (Fsp3) is 0.417. The lowest BCUT2D eigenvalue weighted by Gasteiger charge is -2.28. The Bertz CT molecular complexity index is 1310. The van der Waals surface area contributed by atoms with Crippen LogP contribution in [0.2, 0.25) is 10.0 Å². The minimum Gasteiger partial charge on any atom is -0.354 e. The van der Waals surface area contributed by atoms with E-state index in [4.69, 9.17) is 23.2 Å². The maximum Gasteiger partial charge on any atom is 0.264 e. The number of hydrogen-bond donors (Lipinski definition) is 2. The molecule has 1 aliphatic rings. The molecule has 3 aromatic rings. The topological polar surface area (TPSA) is 92.1 Å². The lowest BCUT2D eigenvalue weighted by atomic mass is 10.1. The highest BCUT2D eigenvalue weighted by molar-refractivity contribution is 7.93. The van der Waals surface area contributed by atoms with Crippen molar-refractivity contribution in [1.29, 1.82) is 0 Å². The normalized spacial score (nSPS) is 14.5. The molecule has 1 fully saturated rings. The molecule has 2 N–H and O–H groups in total. The molecule has 0 aliphatic carbocycles. The molecular weight excluding hydrogens is 507 g/mol. The van der Waals surface area contributed by atoms with Gasteiger partial charge in [-0.05, 0) is 54.7 Å². The third-order valence-corrected chi connectivity index (χ3v) is 8.24. The van der Waals surface area contributed by atoms with Crippen molar-refractivity contribution in [3.63, 3.8) is 0 Å². The van der Waals surface area contributed by atoms with Gasteiger partial charge in [0.1, 0.15) is 10.7 Å². The van der Waals surface area contributed by atoms with Gasteiger partial charge in [0.25, 0.3) is 10.0 Å². The first-order valence-electron chi connectivity index (χ1n) is 11.5. The van der Waals surface area contributed by atoms with Gasteiger partial charge in [0.2, 0.25) is 0 Å². The molecule has 0 bridgehead atoms. The second-order valence-electron chi connectivity index (χ2n) is 9.14. The number of rotatable bonds is 7. The SMILES string of the molecule is Cc1nn(C)c(CC(C)C)c1NS(=O)(=O)c1c(Cl)cc(-c2ccnc(N3CCNCC3)c2)cc1Cl. The quantitative estimate of drug-likeness (QED) is 0.461. The van der Waals surface area contributed by atoms with Gasteiger partial charge in [-0.15, -0.1) is 0 Å². The van der Waals surface area contributed by atoms with Crippen molar-refractivity contribution in [3.05, 3.63) is 51.9 Å². The van der Waals surface area contributed by atoms with Crippen LogP contribution in [0.5, 0.6) is 0 Å². The number of anilines is 2. The first kappa shape index (κ1) is 25.8. The van der Waals surface area contributed by atoms with E-state index < -0.39 is 10.0 Å². The molecule has 0 saturated carbocycles. The maximum atomic E-state index is 13.4. The molecule has 1 aromatic carbocycles. The number of pyridine rings is 1. The maximum absolute atomic E-state index is 13.4. The first-order chi connectivity index (χ1) is 16.6. The number of halogens is 2. The van der Waals surface area contributed by atoms with Crippen LogP contribution < -0.4 is 14.9 Å². The van der Waals surface area contributed by atoms with E-state index in [1.165, 1.54) is 0 Å². The van der Waals surface area contributed by atoms with Gasteiger partial charge in [0.05, 0.1) is 27.1 Å². The second-order valence-corrected chi connectivity index (χ2v) is 11.6. The smallest absolute Gasteiger partial charge is 0.264 e. The summed E-state index contributed by atoms with van der Waals surface area (Å²) >= 11 is 13.1. The predicted molar refractivity (Wildman–Crippen MR) is 142 cm³/mol. The van der Waals surface area contributed by atoms with Crippen LogP contribution in [0.25, 0.3) is 11.1 Å². The Balaban J connectivity index is 1.67. The van der Waals surface area contributed by atoms with Crippen LogP contribution in [0.4, 0.5) is 11.5 Å². The van der Waals surface area contributed by atoms with E-state index in [0.29, 0.717) is 23.7 Å². The van der Waals surface area contributed by atoms with E-state index in [0.717, 1.165) is 48.8 Å². The zero-order valence-electron chi connectivity index (χ0n) is 20.3. The summed E-state index contributed by atoms with van der Waals surface area (Å²) in [7, 11) is -2.25. The molecule has 2 aromatic heterocycles. The summed E-state index contributed by atoms with van der Waals surface area (Å²) in [5, 5.41) is 7.82. The molecule has 11 heteroatoms. The average molecular weight is 538 g/mol. The minimum atomic E-state index is -4.06. The Labute approximate surface area is 216 Å². The Morgan fingerprint density at radius 2 is 1.77 bits per heavy atom. The Kier molecular flexibility index (Phi) is 7.61. The molecule has 3 heterocycles. The summed E-state index contributed by atoms with van der Waals surface area (Å²) in [4.78, 5) is 6.55. The first-order valence-corrected chi connectivity index (χ1v) is 13.8. The fourth-order valence-electron chi connectivity index (χ4n) is 4.29. The minimum absolute atomic E-state index is 0.0486. The lowest BCUT2D eigenvalue weighted by molar-refractivity contribution is 0.585. The summed E-state index contributed by atoms with van der Waals surface area (Å²) in [5.41, 5.74) is 3.44. The lowest BCUT2D eigenvalue weighted by Crippen LogP contribution is -2.43. The van der Waals surface area contributed by atoms with Crippen molar-refractivity contribution >= 4 is 44.7 Å². The molecule has 0 spiro atoms. The Hall–Kier alpha value is -2.33. The number of sulfonamides is 1. The van der Waals surface area contributed by atoms with E-state index in [-0.39, 0.29) is 14.9 Å². The van der Waals surface area contributed by atoms with Crippen LogP contribution in [0.1, 0.15) is 25.2 Å². The van der Waals surface area contributed by atoms with Crippen LogP contribution in [-0.2, 0) is 23.5 Å². The summed E-state index contributed by atoms with van der Waals surface area (Å²) in [6.07, 6.45) is 2.41. The highest BCUT2D eigenvalue weighted by Gasteiger charge is 2.27. The highest BCUT2D eigenvalue weighted by atomic mass is 35.5. The van der Waals surface area contributed by atoms with Gasteiger partial charge < -0.3 is 10.2 Å². The molecule has 8 nitrogen and oxygen atoms in total. The number of nitrogens with zero attached hydrogens (tertiary/aromatic N) is 4. The van der Waals surface area contributed by atoms with Crippen LogP contribution in [0, 0.1) is 12.8 Å². The number of hydrogen-bond acceptors (Lipinski definition) is 6. The predicted octanol–water partition coefficient (Wildman–Crippen LogP) is 4.51. The van der Waals surface area contributed by atoms with E-state index in [1.807, 2.05) is 12.1 Å². The molecule has 1 saturated heterocycles. The molecule has 0 unspecified atom stereocenters. The number of aryl methyl sites for hydroxylation is 2. The van der Waals surface area contributed by atoms with Gasteiger partial charge in [0.15, 0.2) is 0 Å². The summed E-state index contributed by atoms with van der Waals surface area (Å²) < 4.78 is 31.2. The number of piperazine rings is 1.